The summed E-state index contributed by atoms with van der Waals surface area (Å²) in [5.41, 5.74) is 1.52. The Morgan fingerprint density at radius 1 is 1.23 bits per heavy atom. The molecule has 0 spiro atoms. The van der Waals surface area contributed by atoms with E-state index >= 15 is 0 Å². The fraction of sp³-hybridized carbons (Fsp3) is 0.583. The van der Waals surface area contributed by atoms with Crippen LogP contribution in [0.1, 0.15) is 67.8 Å². The summed E-state index contributed by atoms with van der Waals surface area (Å²) in [5, 5.41) is 7.70. The van der Waals surface area contributed by atoms with E-state index in [9.17, 15) is 18.0 Å². The molecule has 1 aliphatic rings. The van der Waals surface area contributed by atoms with Crippen LogP contribution in [0.5, 0.6) is 0 Å². The van der Waals surface area contributed by atoms with Crippen LogP contribution in [0.15, 0.2) is 18.5 Å². The zero-order valence-electron chi connectivity index (χ0n) is 21.3. The van der Waals surface area contributed by atoms with Gasteiger partial charge >= 0.3 is 6.09 Å². The van der Waals surface area contributed by atoms with Crippen LogP contribution in [0.2, 0.25) is 0 Å². The lowest BCUT2D eigenvalue weighted by atomic mass is 10.00. The zero-order chi connectivity index (χ0) is 26.1. The highest BCUT2D eigenvalue weighted by molar-refractivity contribution is 7.85. The number of nitrogens with one attached hydrogen (secondary N) is 1. The van der Waals surface area contributed by atoms with Crippen LogP contribution in [0, 0.1) is 25.7 Å². The monoisotopic (exact) mass is 506 g/mol. The molecule has 0 saturated heterocycles. The number of hydrogen-bond donors (Lipinski definition) is 1. The summed E-state index contributed by atoms with van der Waals surface area (Å²) in [4.78, 5) is 30.2. The van der Waals surface area contributed by atoms with Crippen LogP contribution in [0.25, 0.3) is 0 Å². The summed E-state index contributed by atoms with van der Waals surface area (Å²) >= 11 is 0. The fourth-order valence-electron chi connectivity index (χ4n) is 4.22. The minimum absolute atomic E-state index is 0.0364. The van der Waals surface area contributed by atoms with Crippen LogP contribution in [0.3, 0.4) is 0 Å². The molecule has 0 bridgehead atoms. The van der Waals surface area contributed by atoms with Gasteiger partial charge in [-0.15, -0.1) is 0 Å². The summed E-state index contributed by atoms with van der Waals surface area (Å²) in [6.07, 6.45) is 4.99. The highest BCUT2D eigenvalue weighted by Crippen LogP contribution is 2.35. The van der Waals surface area contributed by atoms with E-state index in [-0.39, 0.29) is 36.0 Å². The van der Waals surface area contributed by atoms with Crippen LogP contribution in [-0.4, -0.2) is 59.6 Å². The van der Waals surface area contributed by atoms with Gasteiger partial charge in [0.2, 0.25) is 5.78 Å². The van der Waals surface area contributed by atoms with Crippen molar-refractivity contribution in [1.29, 1.82) is 0 Å². The largest absolute Gasteiger partial charge is 0.442 e. The maximum Gasteiger partial charge on any atom is 0.435 e. The maximum absolute atomic E-state index is 13.5. The molecule has 3 rings (SSSR count). The number of anilines is 1. The van der Waals surface area contributed by atoms with Crippen molar-refractivity contribution in [3.05, 3.63) is 41.0 Å². The van der Waals surface area contributed by atoms with E-state index in [4.69, 9.17) is 8.92 Å². The predicted molar refractivity (Wildman–Crippen MR) is 131 cm³/mol. The number of hydrogen-bond acceptors (Lipinski definition) is 9. The minimum atomic E-state index is -3.50. The van der Waals surface area contributed by atoms with Crippen LogP contribution in [-0.2, 0) is 19.0 Å². The molecule has 2 heterocycles. The first-order valence-electron chi connectivity index (χ1n) is 11.6. The molecular formula is C24H34N4O6S. The highest BCUT2D eigenvalue weighted by atomic mass is 32.2. The molecule has 1 saturated carbocycles. The summed E-state index contributed by atoms with van der Waals surface area (Å²) in [5.74, 6) is -0.0196. The molecule has 2 aromatic heterocycles. The Kier molecular flexibility index (Phi) is 7.71. The Balaban J connectivity index is 1.80. The van der Waals surface area contributed by atoms with Crippen molar-refractivity contribution in [2.75, 3.05) is 18.2 Å². The summed E-state index contributed by atoms with van der Waals surface area (Å²) in [7, 11) is -3.50. The SMILES string of the molecule is Cc1c(C(=O)c2cnccc2N[C@@H]2C[C@H](COS(C)(=O)=O)[C@@H](C)C2)nn(C(=O)OC(C)(C)C)c1C. The Hall–Kier alpha value is -2.79. The predicted octanol–water partition coefficient (Wildman–Crippen LogP) is 3.71. The van der Waals surface area contributed by atoms with Gasteiger partial charge in [0.15, 0.2) is 0 Å². The van der Waals surface area contributed by atoms with Gasteiger partial charge in [-0.2, -0.15) is 18.2 Å². The topological polar surface area (TPSA) is 129 Å². The molecule has 192 valence electrons. The van der Waals surface area contributed by atoms with Gasteiger partial charge in [0.25, 0.3) is 10.1 Å². The summed E-state index contributed by atoms with van der Waals surface area (Å²) in [6, 6.07) is 1.76. The van der Waals surface area contributed by atoms with Crippen molar-refractivity contribution in [3.63, 3.8) is 0 Å². The molecule has 0 aromatic carbocycles. The van der Waals surface area contributed by atoms with Gasteiger partial charge in [-0.05, 0) is 65.4 Å². The number of pyridine rings is 1. The van der Waals surface area contributed by atoms with Crippen molar-refractivity contribution in [3.8, 4) is 0 Å². The van der Waals surface area contributed by atoms with Crippen LogP contribution in [0.4, 0.5) is 10.5 Å². The van der Waals surface area contributed by atoms with Crippen LogP contribution < -0.4 is 5.32 Å². The second-order valence-corrected chi connectivity index (χ2v) is 11.9. The van der Waals surface area contributed by atoms with E-state index < -0.39 is 21.8 Å². The third-order valence-corrected chi connectivity index (χ3v) is 6.73. The van der Waals surface area contributed by atoms with Crippen LogP contribution >= 0.6 is 0 Å². The lowest BCUT2D eigenvalue weighted by Crippen LogP contribution is -2.28. The van der Waals surface area contributed by atoms with Gasteiger partial charge in [0, 0.05) is 29.7 Å². The molecule has 1 aliphatic carbocycles. The second kappa shape index (κ2) is 10.1. The van der Waals surface area contributed by atoms with E-state index in [0.717, 1.165) is 17.4 Å². The Bertz CT molecular complexity index is 1220. The maximum atomic E-state index is 13.5. The van der Waals surface area contributed by atoms with Gasteiger partial charge in [-0.1, -0.05) is 6.92 Å². The molecule has 10 nitrogen and oxygen atoms in total. The van der Waals surface area contributed by atoms with E-state index in [1.165, 1.54) is 6.20 Å². The van der Waals surface area contributed by atoms with Crippen molar-refractivity contribution in [2.24, 2.45) is 11.8 Å². The third-order valence-electron chi connectivity index (χ3n) is 6.17. The third kappa shape index (κ3) is 6.66. The molecule has 0 amide bonds. The lowest BCUT2D eigenvalue weighted by Gasteiger charge is -2.19. The minimum Gasteiger partial charge on any atom is -0.442 e. The first-order valence-corrected chi connectivity index (χ1v) is 13.4. The molecule has 1 N–H and O–H groups in total. The van der Waals surface area contributed by atoms with Gasteiger partial charge in [0.1, 0.15) is 11.3 Å². The Morgan fingerprint density at radius 3 is 2.54 bits per heavy atom. The number of ether oxygens (including phenoxy) is 1. The quantitative estimate of drug-likeness (QED) is 0.441. The van der Waals surface area contributed by atoms with E-state index in [1.54, 1.807) is 46.9 Å². The summed E-state index contributed by atoms with van der Waals surface area (Å²) in [6.45, 7) is 10.9. The normalized spacial score (nSPS) is 20.6. The average molecular weight is 507 g/mol. The van der Waals surface area contributed by atoms with Gasteiger partial charge in [-0.25, -0.2) is 4.79 Å². The number of nitrogens with zero attached hydrogens (tertiary/aromatic N) is 3. The van der Waals surface area contributed by atoms with Gasteiger partial charge in [0.05, 0.1) is 24.1 Å². The smallest absolute Gasteiger partial charge is 0.435 e. The second-order valence-electron chi connectivity index (χ2n) is 10.2. The molecule has 0 unspecified atom stereocenters. The van der Waals surface area contributed by atoms with Crippen molar-refractivity contribution >= 4 is 27.7 Å². The summed E-state index contributed by atoms with van der Waals surface area (Å²) < 4.78 is 34.3. The average Bonchev–Trinajstić information content (AvgIpc) is 3.23. The fourth-order valence-corrected chi connectivity index (χ4v) is 4.65. The molecule has 0 aliphatic heterocycles. The molecule has 2 aromatic rings. The molecule has 0 radical (unpaired) electrons. The standard InChI is InChI=1S/C24H34N4O6S/c1-14-10-18(11-17(14)13-33-35(7,31)32)26-20-8-9-25-12-19(20)22(29)21-15(2)16(3)28(27-21)23(30)34-24(4,5)6/h8-9,12,14,17-18H,10-11,13H2,1-7H3,(H,25,26)/t14-,17+,18-/m0/s1. The van der Waals surface area contributed by atoms with Crippen molar-refractivity contribution in [1.82, 2.24) is 14.8 Å². The molecule has 35 heavy (non-hydrogen) atoms. The van der Waals surface area contributed by atoms with Crippen molar-refractivity contribution < 1.29 is 26.9 Å². The van der Waals surface area contributed by atoms with Gasteiger partial charge in [-0.3, -0.25) is 14.0 Å². The highest BCUT2D eigenvalue weighted by Gasteiger charge is 2.33. The number of carbonyl (C=O) groups is 2. The molecule has 11 heteroatoms. The molecule has 3 atom stereocenters. The molecule has 1 fully saturated rings. The van der Waals surface area contributed by atoms with E-state index in [1.807, 2.05) is 0 Å². The first kappa shape index (κ1) is 26.8. The number of carbonyl (C=O) groups excluding carboxylic acids is 2. The number of aromatic nitrogens is 3. The van der Waals surface area contributed by atoms with Gasteiger partial charge < -0.3 is 10.1 Å². The molecular weight excluding hydrogens is 472 g/mol. The zero-order valence-corrected chi connectivity index (χ0v) is 22.1. The number of rotatable bonds is 7. The Morgan fingerprint density at radius 2 is 1.91 bits per heavy atom. The number of ketones is 1. The Labute approximate surface area is 206 Å². The lowest BCUT2D eigenvalue weighted by molar-refractivity contribution is 0.0510. The van der Waals surface area contributed by atoms with E-state index in [0.29, 0.717) is 28.9 Å². The van der Waals surface area contributed by atoms with Crippen molar-refractivity contribution in [2.45, 2.75) is 66.0 Å². The van der Waals surface area contributed by atoms with E-state index in [2.05, 4.69) is 22.3 Å². The first-order chi connectivity index (χ1) is 16.2.